The molecule has 1 rings (SSSR count). The molecule has 0 saturated heterocycles. The predicted octanol–water partition coefficient (Wildman–Crippen LogP) is 2.55. The van der Waals surface area contributed by atoms with Crippen LogP contribution in [0.5, 0.6) is 0 Å². The summed E-state index contributed by atoms with van der Waals surface area (Å²) in [6, 6.07) is 0.507. The lowest BCUT2D eigenvalue weighted by Gasteiger charge is -2.27. The molecule has 0 aliphatic heterocycles. The highest BCUT2D eigenvalue weighted by Crippen LogP contribution is 2.28. The highest BCUT2D eigenvalue weighted by molar-refractivity contribution is 4.75. The predicted molar refractivity (Wildman–Crippen MR) is 49.4 cm³/mol. The molecule has 1 saturated carbocycles. The van der Waals surface area contributed by atoms with Gasteiger partial charge in [-0.15, -0.1) is 0 Å². The van der Waals surface area contributed by atoms with Crippen molar-refractivity contribution in [3.05, 3.63) is 0 Å². The van der Waals surface area contributed by atoms with Gasteiger partial charge in [0.1, 0.15) is 0 Å². The standard InChI is InChI=1S/C10H21N/c1-8(2)6-9-4-3-5-10(11)7-9/h8-10H,3-7,11H2,1-2H3/t9-,10+/m1/s1. The Hall–Kier alpha value is -0.0400. The minimum atomic E-state index is 0.507. The van der Waals surface area contributed by atoms with Crippen LogP contribution < -0.4 is 5.73 Å². The summed E-state index contributed by atoms with van der Waals surface area (Å²) in [4.78, 5) is 0. The molecule has 1 aliphatic carbocycles. The number of nitrogens with two attached hydrogens (primary N) is 1. The molecule has 0 aromatic rings. The van der Waals surface area contributed by atoms with Crippen molar-refractivity contribution in [3.8, 4) is 0 Å². The highest BCUT2D eigenvalue weighted by Gasteiger charge is 2.19. The molecule has 2 atom stereocenters. The summed E-state index contributed by atoms with van der Waals surface area (Å²) in [6.45, 7) is 4.61. The second kappa shape index (κ2) is 4.10. The van der Waals surface area contributed by atoms with Crippen molar-refractivity contribution in [1.29, 1.82) is 0 Å². The van der Waals surface area contributed by atoms with Gasteiger partial charge in [-0.2, -0.15) is 0 Å². The minimum absolute atomic E-state index is 0.507. The van der Waals surface area contributed by atoms with E-state index in [9.17, 15) is 0 Å². The van der Waals surface area contributed by atoms with E-state index in [-0.39, 0.29) is 0 Å². The Balaban J connectivity index is 2.23. The third-order valence-corrected chi connectivity index (χ3v) is 2.63. The number of hydrogen-bond acceptors (Lipinski definition) is 1. The van der Waals surface area contributed by atoms with Gasteiger partial charge in [-0.25, -0.2) is 0 Å². The largest absolute Gasteiger partial charge is 0.328 e. The zero-order chi connectivity index (χ0) is 8.27. The molecule has 66 valence electrons. The van der Waals surface area contributed by atoms with Crippen LogP contribution in [0.15, 0.2) is 0 Å². The molecular formula is C10H21N. The van der Waals surface area contributed by atoms with Crippen LogP contribution in [0.3, 0.4) is 0 Å². The van der Waals surface area contributed by atoms with Crippen molar-refractivity contribution in [2.24, 2.45) is 17.6 Å². The van der Waals surface area contributed by atoms with Crippen LogP contribution >= 0.6 is 0 Å². The molecule has 0 spiro atoms. The average Bonchev–Trinajstić information content (AvgIpc) is 1.85. The van der Waals surface area contributed by atoms with E-state index in [4.69, 9.17) is 5.73 Å². The van der Waals surface area contributed by atoms with Crippen molar-refractivity contribution in [2.75, 3.05) is 0 Å². The highest BCUT2D eigenvalue weighted by atomic mass is 14.6. The quantitative estimate of drug-likeness (QED) is 0.651. The van der Waals surface area contributed by atoms with Gasteiger partial charge < -0.3 is 5.73 Å². The van der Waals surface area contributed by atoms with Gasteiger partial charge in [-0.05, 0) is 31.1 Å². The van der Waals surface area contributed by atoms with E-state index in [0.717, 1.165) is 11.8 Å². The van der Waals surface area contributed by atoms with E-state index in [1.54, 1.807) is 0 Å². The average molecular weight is 155 g/mol. The summed E-state index contributed by atoms with van der Waals surface area (Å²) in [6.07, 6.45) is 6.70. The maximum absolute atomic E-state index is 5.90. The van der Waals surface area contributed by atoms with Crippen LogP contribution in [-0.4, -0.2) is 6.04 Å². The van der Waals surface area contributed by atoms with Gasteiger partial charge in [-0.1, -0.05) is 26.7 Å². The second-order valence-corrected chi connectivity index (χ2v) is 4.42. The van der Waals surface area contributed by atoms with Gasteiger partial charge in [0, 0.05) is 6.04 Å². The molecule has 11 heavy (non-hydrogen) atoms. The maximum atomic E-state index is 5.90. The van der Waals surface area contributed by atoms with Crippen molar-refractivity contribution < 1.29 is 0 Å². The number of hydrogen-bond donors (Lipinski definition) is 1. The van der Waals surface area contributed by atoms with E-state index in [2.05, 4.69) is 13.8 Å². The van der Waals surface area contributed by atoms with Crippen LogP contribution in [0.25, 0.3) is 0 Å². The molecule has 0 aromatic heterocycles. The van der Waals surface area contributed by atoms with Crippen LogP contribution in [0.4, 0.5) is 0 Å². The Morgan fingerprint density at radius 2 is 2.09 bits per heavy atom. The van der Waals surface area contributed by atoms with Crippen LogP contribution in [-0.2, 0) is 0 Å². The summed E-state index contributed by atoms with van der Waals surface area (Å²) < 4.78 is 0. The fourth-order valence-electron chi connectivity index (χ4n) is 2.21. The van der Waals surface area contributed by atoms with Crippen molar-refractivity contribution >= 4 is 0 Å². The smallest absolute Gasteiger partial charge is 0.00414 e. The van der Waals surface area contributed by atoms with Gasteiger partial charge in [0.05, 0.1) is 0 Å². The van der Waals surface area contributed by atoms with E-state index in [1.807, 2.05) is 0 Å². The van der Waals surface area contributed by atoms with E-state index in [1.165, 1.54) is 32.1 Å². The van der Waals surface area contributed by atoms with Crippen LogP contribution in [0.1, 0.15) is 46.0 Å². The minimum Gasteiger partial charge on any atom is -0.328 e. The fourth-order valence-corrected chi connectivity index (χ4v) is 2.21. The lowest BCUT2D eigenvalue weighted by molar-refractivity contribution is 0.280. The van der Waals surface area contributed by atoms with Gasteiger partial charge in [-0.3, -0.25) is 0 Å². The topological polar surface area (TPSA) is 26.0 Å². The maximum Gasteiger partial charge on any atom is 0.00414 e. The Morgan fingerprint density at radius 3 is 2.64 bits per heavy atom. The molecule has 0 heterocycles. The Labute approximate surface area is 70.4 Å². The van der Waals surface area contributed by atoms with E-state index < -0.39 is 0 Å². The van der Waals surface area contributed by atoms with Gasteiger partial charge in [0.2, 0.25) is 0 Å². The second-order valence-electron chi connectivity index (χ2n) is 4.42. The SMILES string of the molecule is CC(C)C[C@H]1CCC[C@H](N)C1. The summed E-state index contributed by atoms with van der Waals surface area (Å²) in [5, 5.41) is 0. The third-order valence-electron chi connectivity index (χ3n) is 2.63. The van der Waals surface area contributed by atoms with Crippen molar-refractivity contribution in [3.63, 3.8) is 0 Å². The third kappa shape index (κ3) is 3.24. The van der Waals surface area contributed by atoms with Crippen molar-refractivity contribution in [2.45, 2.75) is 52.0 Å². The Kier molecular flexibility index (Phi) is 3.38. The van der Waals surface area contributed by atoms with Gasteiger partial charge in [0.25, 0.3) is 0 Å². The van der Waals surface area contributed by atoms with Gasteiger partial charge >= 0.3 is 0 Å². The molecule has 1 aliphatic rings. The first-order chi connectivity index (χ1) is 5.18. The molecule has 0 bridgehead atoms. The first-order valence-electron chi connectivity index (χ1n) is 4.94. The summed E-state index contributed by atoms with van der Waals surface area (Å²) in [5.74, 6) is 1.78. The number of rotatable bonds is 2. The summed E-state index contributed by atoms with van der Waals surface area (Å²) >= 11 is 0. The van der Waals surface area contributed by atoms with Crippen LogP contribution in [0.2, 0.25) is 0 Å². The lowest BCUT2D eigenvalue weighted by Crippen LogP contribution is -2.28. The van der Waals surface area contributed by atoms with E-state index >= 15 is 0 Å². The summed E-state index contributed by atoms with van der Waals surface area (Å²) in [5.41, 5.74) is 5.90. The monoisotopic (exact) mass is 155 g/mol. The normalized spacial score (nSPS) is 32.7. The van der Waals surface area contributed by atoms with E-state index in [0.29, 0.717) is 6.04 Å². The lowest BCUT2D eigenvalue weighted by atomic mass is 9.81. The first kappa shape index (κ1) is 9.05. The zero-order valence-electron chi connectivity index (χ0n) is 7.84. The summed E-state index contributed by atoms with van der Waals surface area (Å²) in [7, 11) is 0. The first-order valence-corrected chi connectivity index (χ1v) is 4.94. The van der Waals surface area contributed by atoms with Crippen LogP contribution in [0, 0.1) is 11.8 Å². The molecule has 0 amide bonds. The van der Waals surface area contributed by atoms with Crippen molar-refractivity contribution in [1.82, 2.24) is 0 Å². The molecule has 1 fully saturated rings. The molecule has 0 radical (unpaired) electrons. The molecule has 0 aromatic carbocycles. The molecule has 2 N–H and O–H groups in total. The zero-order valence-corrected chi connectivity index (χ0v) is 7.84. The molecule has 0 unspecified atom stereocenters. The van der Waals surface area contributed by atoms with Gasteiger partial charge in [0.15, 0.2) is 0 Å². The molecular weight excluding hydrogens is 134 g/mol. The Bertz CT molecular complexity index is 107. The molecule has 1 heteroatoms. The fraction of sp³-hybridized carbons (Fsp3) is 1.00. The molecule has 1 nitrogen and oxygen atoms in total. The Morgan fingerprint density at radius 1 is 1.36 bits per heavy atom.